The topological polar surface area (TPSA) is 64.0 Å². The summed E-state index contributed by atoms with van der Waals surface area (Å²) >= 11 is 6.87. The highest BCUT2D eigenvalue weighted by atomic mass is 35.5. The highest BCUT2D eigenvalue weighted by Gasteiger charge is 2.22. The quantitative estimate of drug-likeness (QED) is 0.680. The lowest BCUT2D eigenvalue weighted by Crippen LogP contribution is -2.24. The number of nitrogens with zero attached hydrogens (tertiary/aromatic N) is 2. The third-order valence-electron chi connectivity index (χ3n) is 4.80. The summed E-state index contributed by atoms with van der Waals surface area (Å²) in [5.74, 6) is -0.207. The van der Waals surface area contributed by atoms with Crippen LogP contribution in [0.25, 0.3) is 10.2 Å². The van der Waals surface area contributed by atoms with E-state index >= 15 is 0 Å². The molecule has 1 aliphatic heterocycles. The molecule has 1 amide bonds. The Kier molecular flexibility index (Phi) is 4.74. The highest BCUT2D eigenvalue weighted by Crippen LogP contribution is 2.29. The van der Waals surface area contributed by atoms with E-state index in [-0.39, 0.29) is 10.6 Å². The fraction of sp³-hybridized carbons (Fsp3) is 0.316. The van der Waals surface area contributed by atoms with Crippen molar-refractivity contribution in [3.63, 3.8) is 0 Å². The molecule has 0 spiro atoms. The Labute approximate surface area is 163 Å². The zero-order chi connectivity index (χ0) is 19.1. The van der Waals surface area contributed by atoms with Gasteiger partial charge in [-0.2, -0.15) is 0 Å². The molecule has 0 bridgehead atoms. The van der Waals surface area contributed by atoms with Crippen LogP contribution in [0.15, 0.2) is 23.0 Å². The monoisotopic (exact) mass is 405 g/mol. The van der Waals surface area contributed by atoms with Gasteiger partial charge in [-0.1, -0.05) is 18.0 Å². The largest absolute Gasteiger partial charge is 0.321 e. The van der Waals surface area contributed by atoms with Gasteiger partial charge in [0.25, 0.3) is 11.5 Å². The molecule has 0 radical (unpaired) electrons. The van der Waals surface area contributed by atoms with Crippen LogP contribution in [-0.4, -0.2) is 15.5 Å². The number of nitrogens with one attached hydrogen (secondary N) is 1. The number of anilines is 1. The molecule has 1 aromatic carbocycles. The lowest BCUT2D eigenvalue weighted by molar-refractivity contribution is 0.103. The third kappa shape index (κ3) is 3.26. The van der Waals surface area contributed by atoms with Gasteiger partial charge in [-0.15, -0.1) is 11.3 Å². The van der Waals surface area contributed by atoms with Crippen molar-refractivity contribution in [1.29, 1.82) is 0 Å². The van der Waals surface area contributed by atoms with Crippen molar-refractivity contribution >= 4 is 44.7 Å². The van der Waals surface area contributed by atoms with Crippen LogP contribution in [-0.2, 0) is 13.0 Å². The van der Waals surface area contributed by atoms with Crippen LogP contribution in [0.1, 0.15) is 40.3 Å². The third-order valence-corrected chi connectivity index (χ3v) is 6.29. The lowest BCUT2D eigenvalue weighted by Gasteiger charge is -2.08. The minimum Gasteiger partial charge on any atom is -0.321 e. The molecule has 4 rings (SSSR count). The summed E-state index contributed by atoms with van der Waals surface area (Å²) < 4.78 is 15.3. The Morgan fingerprint density at radius 2 is 2.15 bits per heavy atom. The molecule has 0 atom stereocenters. The number of benzene rings is 1. The lowest BCUT2D eigenvalue weighted by atomic mass is 10.2. The van der Waals surface area contributed by atoms with Crippen molar-refractivity contribution in [3.8, 4) is 0 Å². The Bertz CT molecular complexity index is 1120. The average molecular weight is 406 g/mol. The number of hydrogen-bond acceptors (Lipinski definition) is 4. The number of aromatic nitrogens is 2. The summed E-state index contributed by atoms with van der Waals surface area (Å²) in [4.78, 5) is 31.3. The van der Waals surface area contributed by atoms with Gasteiger partial charge in [0.2, 0.25) is 0 Å². The Balaban J connectivity index is 1.75. The van der Waals surface area contributed by atoms with E-state index < -0.39 is 11.7 Å². The molecule has 5 nitrogen and oxygen atoms in total. The van der Waals surface area contributed by atoms with Gasteiger partial charge < -0.3 is 5.32 Å². The number of hydrogen-bond donors (Lipinski definition) is 1. The van der Waals surface area contributed by atoms with Crippen LogP contribution in [0.2, 0.25) is 5.02 Å². The fourth-order valence-electron chi connectivity index (χ4n) is 3.39. The molecule has 8 heteroatoms. The zero-order valence-corrected chi connectivity index (χ0v) is 16.2. The van der Waals surface area contributed by atoms with Crippen molar-refractivity contribution in [2.24, 2.45) is 0 Å². The molecule has 27 heavy (non-hydrogen) atoms. The van der Waals surface area contributed by atoms with Crippen LogP contribution in [0.4, 0.5) is 10.1 Å². The smallest absolute Gasteiger partial charge is 0.266 e. The van der Waals surface area contributed by atoms with Crippen LogP contribution in [0, 0.1) is 12.7 Å². The van der Waals surface area contributed by atoms with Gasteiger partial charge >= 0.3 is 0 Å². The summed E-state index contributed by atoms with van der Waals surface area (Å²) in [6, 6.07) is 4.08. The van der Waals surface area contributed by atoms with E-state index in [4.69, 9.17) is 11.6 Å². The van der Waals surface area contributed by atoms with Crippen molar-refractivity contribution in [2.75, 3.05) is 5.32 Å². The molecule has 1 aliphatic rings. The van der Waals surface area contributed by atoms with Crippen molar-refractivity contribution < 1.29 is 9.18 Å². The molecular formula is C19H17ClFN3O2S. The van der Waals surface area contributed by atoms with Gasteiger partial charge in [0.1, 0.15) is 16.5 Å². The second kappa shape index (κ2) is 7.05. The molecule has 0 aliphatic carbocycles. The second-order valence-corrected chi connectivity index (χ2v) is 8.02. The van der Waals surface area contributed by atoms with Crippen LogP contribution >= 0.6 is 22.9 Å². The van der Waals surface area contributed by atoms with Gasteiger partial charge in [-0.3, -0.25) is 14.2 Å². The number of fused-ring (bicyclic) bond motifs is 2. The second-order valence-electron chi connectivity index (χ2n) is 6.61. The molecule has 0 unspecified atom stereocenters. The van der Waals surface area contributed by atoms with Gasteiger partial charge in [-0.05, 0) is 43.5 Å². The van der Waals surface area contributed by atoms with Crippen molar-refractivity contribution in [3.05, 3.63) is 55.7 Å². The molecule has 0 fully saturated rings. The van der Waals surface area contributed by atoms with E-state index in [1.165, 1.54) is 23.5 Å². The molecule has 2 aromatic heterocycles. The van der Waals surface area contributed by atoms with Crippen LogP contribution in [0.5, 0.6) is 0 Å². The first-order valence-corrected chi connectivity index (χ1v) is 9.94. The standard InChI is InChI=1S/C19H17ClFN3O2S/c1-10-15-18(23-14-5-3-2-4-8-24(14)19(15)26)27-16(10)17(25)22-11-6-7-12(20)13(21)9-11/h6-7,9H,2-5,8H2,1H3,(H,22,25). The minimum absolute atomic E-state index is 0.00948. The molecule has 0 saturated carbocycles. The maximum absolute atomic E-state index is 13.6. The normalized spacial score (nSPS) is 14.0. The predicted octanol–water partition coefficient (Wildman–Crippen LogP) is 4.54. The summed E-state index contributed by atoms with van der Waals surface area (Å²) in [6.45, 7) is 2.42. The first-order chi connectivity index (χ1) is 13.0. The molecule has 3 aromatic rings. The molecule has 1 N–H and O–H groups in total. The van der Waals surface area contributed by atoms with Gasteiger partial charge in [0.05, 0.1) is 15.3 Å². The first kappa shape index (κ1) is 18.1. The van der Waals surface area contributed by atoms with Crippen LogP contribution < -0.4 is 10.9 Å². The van der Waals surface area contributed by atoms with Crippen molar-refractivity contribution in [1.82, 2.24) is 9.55 Å². The SMILES string of the molecule is Cc1c(C(=O)Nc2ccc(Cl)c(F)c2)sc2nc3n(c(=O)c12)CCCCC3. The highest BCUT2D eigenvalue weighted by molar-refractivity contribution is 7.20. The maximum Gasteiger partial charge on any atom is 0.266 e. The van der Waals surface area contributed by atoms with Crippen molar-refractivity contribution in [2.45, 2.75) is 39.2 Å². The fourth-order valence-corrected chi connectivity index (χ4v) is 4.59. The molecule has 140 valence electrons. The van der Waals surface area contributed by atoms with E-state index in [0.29, 0.717) is 32.9 Å². The number of aryl methyl sites for hydroxylation is 2. The van der Waals surface area contributed by atoms with E-state index in [0.717, 1.165) is 37.6 Å². The Hall–Kier alpha value is -2.25. The minimum atomic E-state index is -0.605. The number of carbonyl (C=O) groups excluding carboxylic acids is 1. The Morgan fingerprint density at radius 3 is 2.93 bits per heavy atom. The first-order valence-electron chi connectivity index (χ1n) is 8.75. The maximum atomic E-state index is 13.6. The summed E-state index contributed by atoms with van der Waals surface area (Å²) in [6.07, 6.45) is 3.82. The average Bonchev–Trinajstić information content (AvgIpc) is 2.80. The summed E-state index contributed by atoms with van der Waals surface area (Å²) in [5, 5.41) is 3.15. The van der Waals surface area contributed by atoms with Gasteiger partial charge in [0.15, 0.2) is 0 Å². The predicted molar refractivity (Wildman–Crippen MR) is 106 cm³/mol. The summed E-state index contributed by atoms with van der Waals surface area (Å²) in [7, 11) is 0. The van der Waals surface area contributed by atoms with E-state index in [1.54, 1.807) is 11.5 Å². The summed E-state index contributed by atoms with van der Waals surface area (Å²) in [5.41, 5.74) is 0.834. The van der Waals surface area contributed by atoms with E-state index in [9.17, 15) is 14.0 Å². The van der Waals surface area contributed by atoms with Gasteiger partial charge in [0, 0.05) is 18.7 Å². The number of carbonyl (C=O) groups is 1. The number of halogens is 2. The number of thiophene rings is 1. The number of amides is 1. The molecular weight excluding hydrogens is 389 g/mol. The van der Waals surface area contributed by atoms with Crippen LogP contribution in [0.3, 0.4) is 0 Å². The number of rotatable bonds is 2. The van der Waals surface area contributed by atoms with E-state index in [2.05, 4.69) is 10.3 Å². The zero-order valence-electron chi connectivity index (χ0n) is 14.6. The Morgan fingerprint density at radius 1 is 1.33 bits per heavy atom. The molecule has 3 heterocycles. The van der Waals surface area contributed by atoms with Gasteiger partial charge in [-0.25, -0.2) is 9.37 Å². The van der Waals surface area contributed by atoms with E-state index in [1.807, 2.05) is 0 Å². The molecule has 0 saturated heterocycles.